The maximum atomic E-state index is 12.8. The number of alkyl halides is 3. The normalized spacial score (nSPS) is 11.7. The number of halogens is 3. The highest BCUT2D eigenvalue weighted by Crippen LogP contribution is 2.35. The number of nitrogens with one attached hydrogen (secondary N) is 1. The average molecular weight is 271 g/mol. The third-order valence-electron chi connectivity index (χ3n) is 2.76. The molecule has 2 rings (SSSR count). The lowest BCUT2D eigenvalue weighted by atomic mass is 10.1. The van der Waals surface area contributed by atoms with Crippen LogP contribution in [-0.4, -0.2) is 12.1 Å². The molecular formula is C12H12F3N3O. The van der Waals surface area contributed by atoms with Crippen molar-refractivity contribution in [1.82, 2.24) is 4.98 Å². The van der Waals surface area contributed by atoms with E-state index in [1.54, 1.807) is 19.1 Å². The van der Waals surface area contributed by atoms with Crippen LogP contribution in [-0.2, 0) is 6.18 Å². The summed E-state index contributed by atoms with van der Waals surface area (Å²) in [6.07, 6.45) is -4.52. The first-order chi connectivity index (χ1) is 8.86. The smallest absolute Gasteiger partial charge is 0.433 e. The van der Waals surface area contributed by atoms with Gasteiger partial charge in [0.25, 0.3) is 0 Å². The van der Waals surface area contributed by atoms with Crippen molar-refractivity contribution in [3.05, 3.63) is 29.5 Å². The van der Waals surface area contributed by atoms with Crippen molar-refractivity contribution >= 4 is 16.6 Å². The molecule has 0 aliphatic carbocycles. The molecule has 0 atom stereocenters. The minimum atomic E-state index is -4.52. The second kappa shape index (κ2) is 4.58. The molecule has 4 nitrogen and oxygen atoms in total. The molecule has 0 saturated heterocycles. The Morgan fingerprint density at radius 1 is 1.26 bits per heavy atom. The van der Waals surface area contributed by atoms with E-state index < -0.39 is 11.9 Å². The number of aromatic nitrogens is 1. The van der Waals surface area contributed by atoms with Gasteiger partial charge in [0.05, 0.1) is 18.3 Å². The molecule has 1 aromatic heterocycles. The molecule has 3 N–H and O–H groups in total. The number of hydrogen-bond donors (Lipinski definition) is 2. The van der Waals surface area contributed by atoms with Crippen LogP contribution in [0.15, 0.2) is 18.2 Å². The molecule has 0 saturated carbocycles. The highest BCUT2D eigenvalue weighted by molar-refractivity contribution is 5.94. The number of nitrogens with zero attached hydrogens (tertiary/aromatic N) is 1. The monoisotopic (exact) mass is 271 g/mol. The first kappa shape index (κ1) is 13.4. The molecular weight excluding hydrogens is 259 g/mol. The fourth-order valence-electron chi connectivity index (χ4n) is 1.85. The molecule has 19 heavy (non-hydrogen) atoms. The Labute approximate surface area is 107 Å². The van der Waals surface area contributed by atoms with Gasteiger partial charge in [-0.2, -0.15) is 13.2 Å². The number of fused-ring (bicyclic) bond motifs is 1. The Kier molecular flexibility index (Phi) is 3.23. The largest absolute Gasteiger partial charge is 0.497 e. The molecule has 102 valence electrons. The summed E-state index contributed by atoms with van der Waals surface area (Å²) < 4.78 is 43.3. The van der Waals surface area contributed by atoms with Crippen molar-refractivity contribution in [2.24, 2.45) is 5.84 Å². The molecule has 2 aromatic rings. The van der Waals surface area contributed by atoms with Crippen LogP contribution in [0.5, 0.6) is 5.75 Å². The number of benzene rings is 1. The van der Waals surface area contributed by atoms with Crippen LogP contribution in [0, 0.1) is 6.92 Å². The Morgan fingerprint density at radius 2 is 1.95 bits per heavy atom. The topological polar surface area (TPSA) is 60.2 Å². The van der Waals surface area contributed by atoms with Gasteiger partial charge in [0.15, 0.2) is 0 Å². The van der Waals surface area contributed by atoms with Crippen LogP contribution in [0.2, 0.25) is 0 Å². The average Bonchev–Trinajstić information content (AvgIpc) is 2.36. The van der Waals surface area contributed by atoms with Gasteiger partial charge >= 0.3 is 6.18 Å². The Hall–Kier alpha value is -2.02. The third-order valence-corrected chi connectivity index (χ3v) is 2.76. The van der Waals surface area contributed by atoms with Gasteiger partial charge in [0, 0.05) is 5.39 Å². The van der Waals surface area contributed by atoms with Crippen LogP contribution in [0.3, 0.4) is 0 Å². The minimum Gasteiger partial charge on any atom is -0.497 e. The molecule has 0 aliphatic rings. The number of pyridine rings is 1. The number of nitrogens with two attached hydrogens (primary N) is 1. The van der Waals surface area contributed by atoms with Crippen molar-refractivity contribution in [3.8, 4) is 5.75 Å². The van der Waals surface area contributed by atoms with E-state index in [-0.39, 0.29) is 11.2 Å². The van der Waals surface area contributed by atoms with Gasteiger partial charge in [-0.25, -0.2) is 4.98 Å². The van der Waals surface area contributed by atoms with Gasteiger partial charge < -0.3 is 10.2 Å². The number of hydrogen-bond acceptors (Lipinski definition) is 4. The van der Waals surface area contributed by atoms with E-state index in [0.717, 1.165) is 6.07 Å². The molecule has 1 heterocycles. The van der Waals surface area contributed by atoms with Gasteiger partial charge in [0.1, 0.15) is 11.4 Å². The zero-order valence-corrected chi connectivity index (χ0v) is 10.3. The molecule has 0 fully saturated rings. The Morgan fingerprint density at radius 3 is 2.47 bits per heavy atom. The van der Waals surface area contributed by atoms with E-state index in [4.69, 9.17) is 10.6 Å². The zero-order valence-electron chi connectivity index (χ0n) is 10.3. The number of anilines is 1. The van der Waals surface area contributed by atoms with Gasteiger partial charge in [-0.05, 0) is 30.7 Å². The van der Waals surface area contributed by atoms with E-state index in [0.29, 0.717) is 16.7 Å². The predicted molar refractivity (Wildman–Crippen MR) is 65.8 cm³/mol. The van der Waals surface area contributed by atoms with Crippen LogP contribution >= 0.6 is 0 Å². The number of ether oxygens (including phenoxy) is 1. The second-order valence-electron chi connectivity index (χ2n) is 4.04. The summed E-state index contributed by atoms with van der Waals surface area (Å²) in [7, 11) is 1.48. The van der Waals surface area contributed by atoms with E-state index in [9.17, 15) is 13.2 Å². The van der Waals surface area contributed by atoms with E-state index >= 15 is 0 Å². The van der Waals surface area contributed by atoms with Crippen LogP contribution < -0.4 is 16.0 Å². The lowest BCUT2D eigenvalue weighted by Crippen LogP contribution is -2.13. The number of aryl methyl sites for hydroxylation is 1. The lowest BCUT2D eigenvalue weighted by molar-refractivity contribution is -0.140. The van der Waals surface area contributed by atoms with Crippen molar-refractivity contribution in [2.45, 2.75) is 13.1 Å². The maximum absolute atomic E-state index is 12.8. The van der Waals surface area contributed by atoms with Crippen LogP contribution in [0.1, 0.15) is 11.3 Å². The van der Waals surface area contributed by atoms with Gasteiger partial charge in [-0.3, -0.25) is 5.84 Å². The minimum absolute atomic E-state index is 0.152. The fraction of sp³-hybridized carbons (Fsp3) is 0.250. The molecule has 7 heteroatoms. The van der Waals surface area contributed by atoms with Crippen LogP contribution in [0.4, 0.5) is 18.9 Å². The number of methoxy groups -OCH3 is 1. The second-order valence-corrected chi connectivity index (χ2v) is 4.04. The molecule has 0 amide bonds. The summed E-state index contributed by atoms with van der Waals surface area (Å²) >= 11 is 0. The number of rotatable bonds is 2. The fourth-order valence-corrected chi connectivity index (χ4v) is 1.85. The highest BCUT2D eigenvalue weighted by atomic mass is 19.4. The summed E-state index contributed by atoms with van der Waals surface area (Å²) in [6, 6.07) is 4.08. The standard InChI is InChI=1S/C12H12F3N3O/c1-6-3-7(19-2)4-8-9(18-16)5-10(12(13,14)15)17-11(6)8/h3-5H,16H2,1-2H3,(H,17,18). The molecule has 1 aromatic carbocycles. The summed E-state index contributed by atoms with van der Waals surface area (Å²) in [6.45, 7) is 1.66. The Balaban J connectivity index is 2.81. The zero-order chi connectivity index (χ0) is 14.2. The lowest BCUT2D eigenvalue weighted by Gasteiger charge is -2.13. The van der Waals surface area contributed by atoms with Gasteiger partial charge in [-0.15, -0.1) is 0 Å². The predicted octanol–water partition coefficient (Wildman–Crippen LogP) is 2.86. The van der Waals surface area contributed by atoms with Crippen molar-refractivity contribution in [3.63, 3.8) is 0 Å². The maximum Gasteiger partial charge on any atom is 0.433 e. The summed E-state index contributed by atoms with van der Waals surface area (Å²) in [5.74, 6) is 5.81. The quantitative estimate of drug-likeness (QED) is 0.651. The van der Waals surface area contributed by atoms with Crippen molar-refractivity contribution < 1.29 is 17.9 Å². The SMILES string of the molecule is COc1cc(C)c2nc(C(F)(F)F)cc(NN)c2c1. The molecule has 0 aliphatic heterocycles. The highest BCUT2D eigenvalue weighted by Gasteiger charge is 2.33. The van der Waals surface area contributed by atoms with E-state index in [1.807, 2.05) is 0 Å². The van der Waals surface area contributed by atoms with Gasteiger partial charge in [0.2, 0.25) is 0 Å². The van der Waals surface area contributed by atoms with E-state index in [2.05, 4.69) is 10.4 Å². The van der Waals surface area contributed by atoms with E-state index in [1.165, 1.54) is 7.11 Å². The number of nitrogen functional groups attached to an aromatic ring is 1. The first-order valence-corrected chi connectivity index (χ1v) is 5.40. The molecule has 0 radical (unpaired) electrons. The number of hydrazine groups is 1. The molecule has 0 spiro atoms. The summed E-state index contributed by atoms with van der Waals surface area (Å²) in [5.41, 5.74) is 2.25. The van der Waals surface area contributed by atoms with Crippen LogP contribution in [0.25, 0.3) is 10.9 Å². The van der Waals surface area contributed by atoms with Crippen molar-refractivity contribution in [2.75, 3.05) is 12.5 Å². The first-order valence-electron chi connectivity index (χ1n) is 5.40. The summed E-state index contributed by atoms with van der Waals surface area (Å²) in [5, 5.41) is 0.479. The van der Waals surface area contributed by atoms with Crippen molar-refractivity contribution in [1.29, 1.82) is 0 Å². The Bertz CT molecular complexity index is 626. The van der Waals surface area contributed by atoms with Gasteiger partial charge in [-0.1, -0.05) is 0 Å². The summed E-state index contributed by atoms with van der Waals surface area (Å²) in [4.78, 5) is 3.65. The molecule has 0 unspecified atom stereocenters. The molecule has 0 bridgehead atoms. The third kappa shape index (κ3) is 2.41.